The molecule has 1 aromatic carbocycles. The number of aromatic nitrogens is 1. The lowest BCUT2D eigenvalue weighted by atomic mass is 10.4. The summed E-state index contributed by atoms with van der Waals surface area (Å²) in [4.78, 5) is 15.1. The molecule has 0 radical (unpaired) electrons. The van der Waals surface area contributed by atoms with Crippen LogP contribution in [-0.2, 0) is 9.73 Å². The van der Waals surface area contributed by atoms with Gasteiger partial charge in [0.1, 0.15) is 0 Å². The van der Waals surface area contributed by atoms with Crippen molar-refractivity contribution in [2.75, 3.05) is 6.26 Å². The molecular weight excluding hydrogens is 352 g/mol. The van der Waals surface area contributed by atoms with E-state index in [0.29, 0.717) is 4.90 Å². The molecule has 1 heterocycles. The van der Waals surface area contributed by atoms with Gasteiger partial charge in [-0.25, -0.2) is 14.0 Å². The van der Waals surface area contributed by atoms with Crippen molar-refractivity contribution in [3.8, 4) is 0 Å². The third kappa shape index (κ3) is 3.40. The summed E-state index contributed by atoms with van der Waals surface area (Å²) in [5.41, 5.74) is -0.0896. The number of hydrogen-bond donors (Lipinski definition) is 1. The number of hydrogen-bond acceptors (Lipinski definition) is 5. The van der Waals surface area contributed by atoms with Crippen LogP contribution in [0.5, 0.6) is 0 Å². The average molecular weight is 361 g/mol. The van der Waals surface area contributed by atoms with Gasteiger partial charge < -0.3 is 5.11 Å². The van der Waals surface area contributed by atoms with E-state index in [1.54, 1.807) is 18.2 Å². The monoisotopic (exact) mass is 360 g/mol. The molecular formula is C11H9BrN2O3S2. The Kier molecular flexibility index (Phi) is 4.02. The van der Waals surface area contributed by atoms with Crippen molar-refractivity contribution in [1.29, 1.82) is 0 Å². The van der Waals surface area contributed by atoms with Gasteiger partial charge >= 0.3 is 5.97 Å². The van der Waals surface area contributed by atoms with Crippen molar-refractivity contribution >= 4 is 48.1 Å². The van der Waals surface area contributed by atoms with Crippen molar-refractivity contribution in [3.63, 3.8) is 0 Å². The summed E-state index contributed by atoms with van der Waals surface area (Å²) in [6, 6.07) is 7.02. The Labute approximate surface area is 122 Å². The Balaban J connectivity index is 2.45. The largest absolute Gasteiger partial charge is 0.476 e. The molecule has 0 saturated carbocycles. The van der Waals surface area contributed by atoms with Crippen LogP contribution < -0.4 is 0 Å². The van der Waals surface area contributed by atoms with Crippen LogP contribution in [0.4, 0.5) is 5.13 Å². The number of thiazole rings is 1. The van der Waals surface area contributed by atoms with Gasteiger partial charge in [0, 0.05) is 21.0 Å². The van der Waals surface area contributed by atoms with E-state index in [4.69, 9.17) is 5.11 Å². The van der Waals surface area contributed by atoms with Gasteiger partial charge in [-0.3, -0.25) is 0 Å². The predicted molar refractivity (Wildman–Crippen MR) is 77.6 cm³/mol. The fourth-order valence-corrected chi connectivity index (χ4v) is 4.10. The molecule has 100 valence electrons. The molecule has 8 heteroatoms. The predicted octanol–water partition coefficient (Wildman–Crippen LogP) is 3.39. The van der Waals surface area contributed by atoms with Crippen LogP contribution in [0.2, 0.25) is 0 Å². The molecule has 0 fully saturated rings. The molecule has 19 heavy (non-hydrogen) atoms. The highest BCUT2D eigenvalue weighted by Crippen LogP contribution is 2.24. The molecule has 0 spiro atoms. The highest BCUT2D eigenvalue weighted by molar-refractivity contribution is 9.10. The summed E-state index contributed by atoms with van der Waals surface area (Å²) in [7, 11) is -2.65. The van der Waals surface area contributed by atoms with E-state index in [9.17, 15) is 9.00 Å². The molecule has 2 rings (SSSR count). The van der Waals surface area contributed by atoms with Gasteiger partial charge in [-0.15, -0.1) is 11.3 Å². The van der Waals surface area contributed by atoms with Gasteiger partial charge in [0.05, 0.1) is 9.73 Å². The summed E-state index contributed by atoms with van der Waals surface area (Å²) in [6.07, 6.45) is 1.50. The highest BCUT2D eigenvalue weighted by Gasteiger charge is 2.11. The van der Waals surface area contributed by atoms with Gasteiger partial charge in [-0.05, 0) is 18.2 Å². The maximum atomic E-state index is 12.5. The maximum absolute atomic E-state index is 12.5. The number of rotatable bonds is 3. The molecule has 1 atom stereocenters. The molecule has 1 unspecified atom stereocenters. The number of carboxylic acids is 1. The Morgan fingerprint density at radius 1 is 1.53 bits per heavy atom. The van der Waals surface area contributed by atoms with E-state index in [2.05, 4.69) is 25.3 Å². The number of aromatic carboxylic acids is 1. The zero-order chi connectivity index (χ0) is 14.0. The number of carboxylic acid groups (broad SMARTS) is 1. The minimum atomic E-state index is -2.65. The van der Waals surface area contributed by atoms with Crippen LogP contribution in [0.25, 0.3) is 0 Å². The Bertz CT molecular complexity index is 748. The van der Waals surface area contributed by atoms with Crippen molar-refractivity contribution < 1.29 is 14.1 Å². The summed E-state index contributed by atoms with van der Waals surface area (Å²) >= 11 is 4.36. The molecule has 1 N–H and O–H groups in total. The Hall–Kier alpha value is -1.25. The smallest absolute Gasteiger partial charge is 0.355 e. The Morgan fingerprint density at radius 3 is 2.84 bits per heavy atom. The number of nitrogens with zero attached hydrogens (tertiary/aromatic N) is 2. The van der Waals surface area contributed by atoms with Gasteiger partial charge in [-0.2, -0.15) is 4.36 Å². The van der Waals surface area contributed by atoms with E-state index in [1.165, 1.54) is 11.6 Å². The average Bonchev–Trinajstić information content (AvgIpc) is 2.77. The van der Waals surface area contributed by atoms with E-state index in [-0.39, 0.29) is 10.8 Å². The second kappa shape index (κ2) is 5.40. The molecule has 0 aliphatic carbocycles. The Morgan fingerprint density at radius 2 is 2.26 bits per heavy atom. The van der Waals surface area contributed by atoms with Gasteiger partial charge in [0.2, 0.25) is 5.13 Å². The van der Waals surface area contributed by atoms with Gasteiger partial charge in [-0.1, -0.05) is 22.0 Å². The first-order valence-electron chi connectivity index (χ1n) is 5.05. The molecule has 0 amide bonds. The minimum Gasteiger partial charge on any atom is -0.476 e. The summed E-state index contributed by atoms with van der Waals surface area (Å²) < 4.78 is 17.4. The minimum absolute atomic E-state index is 0.0896. The van der Waals surface area contributed by atoms with E-state index in [0.717, 1.165) is 15.8 Å². The molecule has 0 bridgehead atoms. The third-order valence-corrected chi connectivity index (χ3v) is 5.19. The SMILES string of the molecule is CS(=O)(=Nc1nc(C(=O)O)cs1)c1cccc(Br)c1. The first kappa shape index (κ1) is 14.2. The summed E-state index contributed by atoms with van der Waals surface area (Å²) in [6.45, 7) is 0. The zero-order valence-corrected chi connectivity index (χ0v) is 13.0. The molecule has 0 aliphatic rings. The van der Waals surface area contributed by atoms with E-state index in [1.807, 2.05) is 6.07 Å². The first-order chi connectivity index (χ1) is 8.88. The van der Waals surface area contributed by atoms with Crippen LogP contribution in [0, 0.1) is 0 Å². The topological polar surface area (TPSA) is 79.6 Å². The lowest BCUT2D eigenvalue weighted by molar-refractivity contribution is 0.0691. The normalized spacial score (nSPS) is 13.8. The lowest BCUT2D eigenvalue weighted by Crippen LogP contribution is -1.97. The van der Waals surface area contributed by atoms with Crippen molar-refractivity contribution in [1.82, 2.24) is 4.98 Å². The highest BCUT2D eigenvalue weighted by atomic mass is 79.9. The van der Waals surface area contributed by atoms with Crippen molar-refractivity contribution in [3.05, 3.63) is 39.8 Å². The number of carbonyl (C=O) groups is 1. The molecule has 0 saturated heterocycles. The molecule has 2 aromatic rings. The van der Waals surface area contributed by atoms with E-state index < -0.39 is 15.7 Å². The van der Waals surface area contributed by atoms with Crippen LogP contribution in [0.15, 0.2) is 43.4 Å². The number of benzene rings is 1. The van der Waals surface area contributed by atoms with Crippen molar-refractivity contribution in [2.24, 2.45) is 4.36 Å². The van der Waals surface area contributed by atoms with Crippen LogP contribution >= 0.6 is 27.3 Å². The van der Waals surface area contributed by atoms with Crippen LogP contribution in [-0.4, -0.2) is 26.5 Å². The molecule has 0 aliphatic heterocycles. The standard InChI is InChI=1S/C11H9BrN2O3S2/c1-19(17,8-4-2-3-7(12)5-8)14-11-13-9(6-18-11)10(15)16/h2-6H,1H3,(H,15,16). The second-order valence-corrected chi connectivity index (χ2v) is 7.68. The van der Waals surface area contributed by atoms with Gasteiger partial charge in [0.25, 0.3) is 0 Å². The van der Waals surface area contributed by atoms with Crippen LogP contribution in [0.3, 0.4) is 0 Å². The van der Waals surface area contributed by atoms with E-state index >= 15 is 0 Å². The zero-order valence-electron chi connectivity index (χ0n) is 9.74. The van der Waals surface area contributed by atoms with Gasteiger partial charge in [0.15, 0.2) is 5.69 Å². The first-order valence-corrected chi connectivity index (χ1v) is 8.64. The van der Waals surface area contributed by atoms with Crippen molar-refractivity contribution in [2.45, 2.75) is 4.90 Å². The second-order valence-electron chi connectivity index (χ2n) is 3.67. The quantitative estimate of drug-likeness (QED) is 0.909. The third-order valence-electron chi connectivity index (χ3n) is 2.20. The summed E-state index contributed by atoms with van der Waals surface area (Å²) in [5.74, 6) is -1.12. The van der Waals surface area contributed by atoms with Crippen LogP contribution in [0.1, 0.15) is 10.5 Å². The number of halogens is 1. The fourth-order valence-electron chi connectivity index (χ4n) is 1.31. The molecule has 5 nitrogen and oxygen atoms in total. The maximum Gasteiger partial charge on any atom is 0.355 e. The molecule has 1 aromatic heterocycles. The fraction of sp³-hybridized carbons (Fsp3) is 0.0909. The summed E-state index contributed by atoms with van der Waals surface area (Å²) in [5, 5.41) is 10.3. The lowest BCUT2D eigenvalue weighted by Gasteiger charge is -2.03.